The van der Waals surface area contributed by atoms with Crippen LogP contribution in [0.1, 0.15) is 46.5 Å². The van der Waals surface area contributed by atoms with Gasteiger partial charge in [-0.25, -0.2) is 15.0 Å². The van der Waals surface area contributed by atoms with E-state index in [1.165, 1.54) is 0 Å². The van der Waals surface area contributed by atoms with Crippen LogP contribution in [-0.2, 0) is 4.74 Å². The second-order valence-corrected chi connectivity index (χ2v) is 9.92. The van der Waals surface area contributed by atoms with Crippen molar-refractivity contribution < 1.29 is 14.3 Å². The van der Waals surface area contributed by atoms with Crippen LogP contribution in [0.4, 0.5) is 11.8 Å². The van der Waals surface area contributed by atoms with Gasteiger partial charge >= 0.3 is 0 Å². The summed E-state index contributed by atoms with van der Waals surface area (Å²) in [6.45, 7) is 7.74. The maximum atomic E-state index is 13.2. The third kappa shape index (κ3) is 6.21. The van der Waals surface area contributed by atoms with E-state index in [1.54, 1.807) is 42.7 Å². The minimum Gasteiger partial charge on any atom is -0.378 e. The van der Waals surface area contributed by atoms with Crippen molar-refractivity contribution in [2.24, 2.45) is 0 Å². The highest BCUT2D eigenvalue weighted by atomic mass is 16.5. The molecule has 39 heavy (non-hydrogen) atoms. The predicted octanol–water partition coefficient (Wildman–Crippen LogP) is 4.04. The SMILES string of the molecule is CC(C)=CC(=O)c1ccc(C(=O)N2CC=C(c3cc(-c4cnc(N)nc4)nc(N4CCOCC4)c3)CC2)cc1. The molecular formula is C30H32N6O3. The lowest BCUT2D eigenvalue weighted by atomic mass is 9.97. The summed E-state index contributed by atoms with van der Waals surface area (Å²) in [7, 11) is 0. The fourth-order valence-corrected chi connectivity index (χ4v) is 4.69. The number of carbonyl (C=O) groups is 2. The van der Waals surface area contributed by atoms with E-state index in [4.69, 9.17) is 15.5 Å². The number of ether oxygens (including phenoxy) is 1. The molecule has 0 aliphatic carbocycles. The Morgan fingerprint density at radius 2 is 1.64 bits per heavy atom. The van der Waals surface area contributed by atoms with E-state index in [2.05, 4.69) is 27.0 Å². The molecule has 200 valence electrons. The van der Waals surface area contributed by atoms with Gasteiger partial charge in [0.05, 0.1) is 18.9 Å². The highest BCUT2D eigenvalue weighted by Gasteiger charge is 2.22. The van der Waals surface area contributed by atoms with Crippen molar-refractivity contribution in [1.29, 1.82) is 0 Å². The van der Waals surface area contributed by atoms with Gasteiger partial charge in [0.25, 0.3) is 5.91 Å². The largest absolute Gasteiger partial charge is 0.378 e. The van der Waals surface area contributed by atoms with Gasteiger partial charge in [-0.15, -0.1) is 0 Å². The Labute approximate surface area is 228 Å². The van der Waals surface area contributed by atoms with Crippen molar-refractivity contribution in [1.82, 2.24) is 19.9 Å². The monoisotopic (exact) mass is 524 g/mol. The molecule has 5 rings (SSSR count). The summed E-state index contributed by atoms with van der Waals surface area (Å²) in [4.78, 5) is 42.7. The Morgan fingerprint density at radius 3 is 2.28 bits per heavy atom. The number of carbonyl (C=O) groups excluding carboxylic acids is 2. The average molecular weight is 525 g/mol. The van der Waals surface area contributed by atoms with E-state index in [-0.39, 0.29) is 17.6 Å². The Hall–Kier alpha value is -4.37. The first-order valence-corrected chi connectivity index (χ1v) is 13.1. The Balaban J connectivity index is 1.36. The van der Waals surface area contributed by atoms with Crippen LogP contribution in [-0.4, -0.2) is 70.9 Å². The first kappa shape index (κ1) is 26.2. The molecule has 2 aliphatic rings. The van der Waals surface area contributed by atoms with Crippen molar-refractivity contribution in [2.75, 3.05) is 50.0 Å². The maximum Gasteiger partial charge on any atom is 0.254 e. The molecule has 1 aromatic carbocycles. The van der Waals surface area contributed by atoms with E-state index in [1.807, 2.05) is 24.8 Å². The molecule has 9 nitrogen and oxygen atoms in total. The second kappa shape index (κ2) is 11.6. The van der Waals surface area contributed by atoms with Crippen LogP contribution >= 0.6 is 0 Å². The Morgan fingerprint density at radius 1 is 0.949 bits per heavy atom. The third-order valence-electron chi connectivity index (χ3n) is 6.82. The van der Waals surface area contributed by atoms with Crippen LogP contribution in [0, 0.1) is 0 Å². The zero-order valence-corrected chi connectivity index (χ0v) is 22.3. The zero-order valence-electron chi connectivity index (χ0n) is 22.3. The van der Waals surface area contributed by atoms with Gasteiger partial charge in [0.15, 0.2) is 5.78 Å². The van der Waals surface area contributed by atoms with Crippen molar-refractivity contribution in [3.63, 3.8) is 0 Å². The summed E-state index contributed by atoms with van der Waals surface area (Å²) in [5.74, 6) is 0.996. The minimum atomic E-state index is -0.0572. The van der Waals surface area contributed by atoms with Gasteiger partial charge in [0.1, 0.15) is 5.82 Å². The predicted molar refractivity (Wildman–Crippen MR) is 151 cm³/mol. The smallest absolute Gasteiger partial charge is 0.254 e. The molecule has 3 aromatic rings. The molecule has 2 aliphatic heterocycles. The van der Waals surface area contributed by atoms with Gasteiger partial charge in [-0.2, -0.15) is 0 Å². The number of nitrogen functional groups attached to an aromatic ring is 1. The first-order valence-electron chi connectivity index (χ1n) is 13.1. The van der Waals surface area contributed by atoms with Crippen LogP contribution in [0.5, 0.6) is 0 Å². The quantitative estimate of drug-likeness (QED) is 0.380. The van der Waals surface area contributed by atoms with E-state index in [0.29, 0.717) is 43.9 Å². The molecule has 0 radical (unpaired) electrons. The number of nitrogens with zero attached hydrogens (tertiary/aromatic N) is 5. The number of aromatic nitrogens is 3. The van der Waals surface area contributed by atoms with Gasteiger partial charge in [-0.05, 0) is 61.7 Å². The van der Waals surface area contributed by atoms with Crippen molar-refractivity contribution in [3.05, 3.63) is 83.2 Å². The van der Waals surface area contributed by atoms with Crippen LogP contribution in [0.3, 0.4) is 0 Å². The Kier molecular flexibility index (Phi) is 7.79. The lowest BCUT2D eigenvalue weighted by Gasteiger charge is -2.30. The molecule has 0 bridgehead atoms. The Bertz CT molecular complexity index is 1420. The van der Waals surface area contributed by atoms with E-state index in [9.17, 15) is 9.59 Å². The molecule has 2 N–H and O–H groups in total. The highest BCUT2D eigenvalue weighted by Crippen LogP contribution is 2.30. The molecule has 1 saturated heterocycles. The number of allylic oxidation sites excluding steroid dienone is 2. The summed E-state index contributed by atoms with van der Waals surface area (Å²) in [5, 5.41) is 0. The van der Waals surface area contributed by atoms with Gasteiger partial charge in [-0.3, -0.25) is 9.59 Å². The number of amides is 1. The summed E-state index contributed by atoms with van der Waals surface area (Å²) in [5.41, 5.74) is 11.6. The fraction of sp³-hybridized carbons (Fsp3) is 0.300. The maximum absolute atomic E-state index is 13.2. The molecule has 0 spiro atoms. The standard InChI is InChI=1S/C30H32N6O3/c1-20(2)15-27(37)22-3-5-23(6-4-22)29(38)36-9-7-21(8-10-36)24-16-26(25-18-32-30(31)33-19-25)34-28(17-24)35-11-13-39-14-12-35/h3-7,15-19H,8-14H2,1-2H3,(H2,31,32,33). The molecule has 0 saturated carbocycles. The third-order valence-corrected chi connectivity index (χ3v) is 6.82. The van der Waals surface area contributed by atoms with Crippen molar-refractivity contribution >= 4 is 29.0 Å². The lowest BCUT2D eigenvalue weighted by molar-refractivity contribution is 0.0772. The topological polar surface area (TPSA) is 115 Å². The number of benzene rings is 1. The minimum absolute atomic E-state index is 0.0463. The van der Waals surface area contributed by atoms with Gasteiger partial charge in [-0.1, -0.05) is 23.8 Å². The molecule has 4 heterocycles. The highest BCUT2D eigenvalue weighted by molar-refractivity contribution is 6.05. The molecule has 1 amide bonds. The molecule has 0 unspecified atom stereocenters. The summed E-state index contributed by atoms with van der Waals surface area (Å²) in [6.07, 6.45) is 7.80. The van der Waals surface area contributed by atoms with Crippen LogP contribution < -0.4 is 10.6 Å². The number of pyridine rings is 1. The molecule has 1 fully saturated rings. The van der Waals surface area contributed by atoms with Gasteiger partial charge in [0, 0.05) is 55.3 Å². The number of hydrogen-bond donors (Lipinski definition) is 1. The molecular weight excluding hydrogens is 492 g/mol. The number of hydrogen-bond acceptors (Lipinski definition) is 8. The molecule has 0 atom stereocenters. The molecule has 2 aromatic heterocycles. The normalized spacial score (nSPS) is 15.5. The van der Waals surface area contributed by atoms with Crippen LogP contribution in [0.2, 0.25) is 0 Å². The zero-order chi connectivity index (χ0) is 27.4. The fourth-order valence-electron chi connectivity index (χ4n) is 4.69. The van der Waals surface area contributed by atoms with Crippen molar-refractivity contribution in [3.8, 4) is 11.3 Å². The number of ketones is 1. The lowest BCUT2D eigenvalue weighted by Crippen LogP contribution is -2.37. The van der Waals surface area contributed by atoms with Crippen molar-refractivity contribution in [2.45, 2.75) is 20.3 Å². The second-order valence-electron chi connectivity index (χ2n) is 9.92. The van der Waals surface area contributed by atoms with E-state index < -0.39 is 0 Å². The first-order chi connectivity index (χ1) is 18.9. The van der Waals surface area contributed by atoms with Gasteiger partial charge in [0.2, 0.25) is 5.95 Å². The number of nitrogens with two attached hydrogens (primary N) is 1. The summed E-state index contributed by atoms with van der Waals surface area (Å²) < 4.78 is 5.53. The van der Waals surface area contributed by atoms with E-state index >= 15 is 0 Å². The average Bonchev–Trinajstić information content (AvgIpc) is 2.97. The van der Waals surface area contributed by atoms with E-state index in [0.717, 1.165) is 46.9 Å². The van der Waals surface area contributed by atoms with Crippen LogP contribution in [0.25, 0.3) is 16.8 Å². The number of morpholine rings is 1. The molecule has 9 heteroatoms. The summed E-state index contributed by atoms with van der Waals surface area (Å²) >= 11 is 0. The number of anilines is 2. The summed E-state index contributed by atoms with van der Waals surface area (Å²) in [6, 6.07) is 11.0. The number of rotatable bonds is 6. The van der Waals surface area contributed by atoms with Crippen LogP contribution in [0.15, 0.2) is 66.5 Å². The van der Waals surface area contributed by atoms with Gasteiger partial charge < -0.3 is 20.3 Å².